The van der Waals surface area contributed by atoms with Crippen molar-refractivity contribution < 1.29 is 0 Å². The van der Waals surface area contributed by atoms with Gasteiger partial charge in [-0.15, -0.1) is 0 Å². The predicted molar refractivity (Wildman–Crippen MR) is 135 cm³/mol. The average molecular weight is 412 g/mol. The first-order chi connectivity index (χ1) is 15.8. The van der Waals surface area contributed by atoms with E-state index in [0.29, 0.717) is 23.8 Å². The van der Waals surface area contributed by atoms with Crippen LogP contribution in [0.1, 0.15) is 11.1 Å². The molecule has 1 nitrogen and oxygen atoms in total. The van der Waals surface area contributed by atoms with Gasteiger partial charge in [-0.05, 0) is 53.0 Å². The minimum Gasteiger partial charge on any atom is -0.333 e. The van der Waals surface area contributed by atoms with Gasteiger partial charge in [0, 0.05) is 23.1 Å². The van der Waals surface area contributed by atoms with Gasteiger partial charge in [-0.25, -0.2) is 0 Å². The highest BCUT2D eigenvalue weighted by Crippen LogP contribution is 2.58. The van der Waals surface area contributed by atoms with Crippen LogP contribution in [0, 0.1) is 24.7 Å². The zero-order valence-electron chi connectivity index (χ0n) is 18.1. The van der Waals surface area contributed by atoms with Crippen molar-refractivity contribution in [1.29, 1.82) is 0 Å². The molecule has 3 aliphatic carbocycles. The number of allylic oxidation sites excluding steroid dienone is 8. The van der Waals surface area contributed by atoms with Crippen molar-refractivity contribution in [3.05, 3.63) is 126 Å². The molecule has 0 saturated carbocycles. The summed E-state index contributed by atoms with van der Waals surface area (Å²) in [7, 11) is 0. The van der Waals surface area contributed by atoms with Crippen LogP contribution < -0.4 is 4.90 Å². The standard InChI is InChI=1S/C31H25N/c1-20-14-17-22(18-15-20)32-28-19-16-21-8-2-3-9-23(21)29(28)30-26-12-6-4-10-24(26)25-11-5-7-13-27(25)31(30)32/h2-19,24-25,27,31H,1H3. The summed E-state index contributed by atoms with van der Waals surface area (Å²) in [6, 6.07) is 22.9. The Morgan fingerprint density at radius 2 is 1.50 bits per heavy atom. The molecule has 0 bridgehead atoms. The fraction of sp³-hybridized carbons (Fsp3) is 0.161. The molecular formula is C31H25N. The summed E-state index contributed by atoms with van der Waals surface area (Å²) >= 11 is 0. The molecule has 3 aromatic rings. The third kappa shape index (κ3) is 2.40. The molecular weight excluding hydrogens is 386 g/mol. The van der Waals surface area contributed by atoms with Crippen LogP contribution in [-0.4, -0.2) is 6.04 Å². The molecule has 154 valence electrons. The Morgan fingerprint density at radius 1 is 0.719 bits per heavy atom. The third-order valence-electron chi connectivity index (χ3n) is 7.70. The monoisotopic (exact) mass is 411 g/mol. The van der Waals surface area contributed by atoms with Gasteiger partial charge < -0.3 is 4.90 Å². The maximum Gasteiger partial charge on any atom is 0.0670 e. The third-order valence-corrected chi connectivity index (χ3v) is 7.70. The highest BCUT2D eigenvalue weighted by atomic mass is 15.2. The van der Waals surface area contributed by atoms with E-state index in [1.807, 2.05) is 0 Å². The molecule has 0 radical (unpaired) electrons. The van der Waals surface area contributed by atoms with E-state index < -0.39 is 0 Å². The van der Waals surface area contributed by atoms with Crippen LogP contribution >= 0.6 is 0 Å². The summed E-state index contributed by atoms with van der Waals surface area (Å²) in [6.45, 7) is 2.16. The molecule has 4 atom stereocenters. The molecule has 4 unspecified atom stereocenters. The lowest BCUT2D eigenvalue weighted by molar-refractivity contribution is 0.364. The lowest BCUT2D eigenvalue weighted by Gasteiger charge is -2.45. The number of hydrogen-bond donors (Lipinski definition) is 0. The van der Waals surface area contributed by atoms with E-state index in [1.54, 1.807) is 0 Å². The smallest absolute Gasteiger partial charge is 0.0670 e. The van der Waals surface area contributed by atoms with Crippen molar-refractivity contribution >= 4 is 27.7 Å². The topological polar surface area (TPSA) is 3.24 Å². The summed E-state index contributed by atoms with van der Waals surface area (Å²) in [6.07, 6.45) is 18.6. The van der Waals surface area contributed by atoms with E-state index in [0.717, 1.165) is 0 Å². The molecule has 0 aromatic heterocycles. The van der Waals surface area contributed by atoms with Crippen molar-refractivity contribution in [3.63, 3.8) is 0 Å². The number of aryl methyl sites for hydroxylation is 1. The highest BCUT2D eigenvalue weighted by Gasteiger charge is 2.49. The predicted octanol–water partition coefficient (Wildman–Crippen LogP) is 7.54. The molecule has 1 heteroatoms. The Balaban J connectivity index is 1.59. The second-order valence-corrected chi connectivity index (χ2v) is 9.39. The van der Waals surface area contributed by atoms with Crippen LogP contribution in [0.15, 0.2) is 115 Å². The fourth-order valence-corrected chi connectivity index (χ4v) is 6.33. The van der Waals surface area contributed by atoms with Crippen molar-refractivity contribution in [2.75, 3.05) is 4.90 Å². The van der Waals surface area contributed by atoms with Gasteiger partial charge in [0.15, 0.2) is 0 Å². The largest absolute Gasteiger partial charge is 0.333 e. The second kappa shape index (κ2) is 6.71. The van der Waals surface area contributed by atoms with Crippen molar-refractivity contribution in [2.24, 2.45) is 17.8 Å². The van der Waals surface area contributed by atoms with Gasteiger partial charge in [0.1, 0.15) is 0 Å². The minimum atomic E-state index is 0.298. The van der Waals surface area contributed by atoms with Crippen molar-refractivity contribution in [1.82, 2.24) is 0 Å². The maximum atomic E-state index is 2.62. The van der Waals surface area contributed by atoms with E-state index in [2.05, 4.69) is 121 Å². The van der Waals surface area contributed by atoms with Gasteiger partial charge in [-0.2, -0.15) is 0 Å². The molecule has 0 amide bonds. The van der Waals surface area contributed by atoms with E-state index in [4.69, 9.17) is 0 Å². The molecule has 32 heavy (non-hydrogen) atoms. The number of benzene rings is 3. The van der Waals surface area contributed by atoms with E-state index in [1.165, 1.54) is 44.4 Å². The molecule has 1 heterocycles. The summed E-state index contributed by atoms with van der Waals surface area (Å²) in [4.78, 5) is 2.62. The van der Waals surface area contributed by atoms with Gasteiger partial charge in [0.2, 0.25) is 0 Å². The van der Waals surface area contributed by atoms with Gasteiger partial charge in [0.25, 0.3) is 0 Å². The van der Waals surface area contributed by atoms with Gasteiger partial charge in [0.05, 0.1) is 11.7 Å². The Morgan fingerprint density at radius 3 is 2.38 bits per heavy atom. The summed E-state index contributed by atoms with van der Waals surface area (Å²) in [5.74, 6) is 1.35. The van der Waals surface area contributed by atoms with Crippen LogP contribution in [0.4, 0.5) is 11.4 Å². The fourth-order valence-electron chi connectivity index (χ4n) is 6.33. The van der Waals surface area contributed by atoms with Crippen molar-refractivity contribution in [3.8, 4) is 0 Å². The lowest BCUT2D eigenvalue weighted by Crippen LogP contribution is -2.43. The Labute approximate surface area is 189 Å². The Bertz CT molecular complexity index is 1400. The maximum absolute atomic E-state index is 2.62. The van der Waals surface area contributed by atoms with Crippen molar-refractivity contribution in [2.45, 2.75) is 13.0 Å². The molecule has 1 aliphatic heterocycles. The molecule has 4 aliphatic rings. The van der Waals surface area contributed by atoms with Gasteiger partial charge in [-0.3, -0.25) is 0 Å². The van der Waals surface area contributed by atoms with Crippen LogP contribution in [0.25, 0.3) is 16.3 Å². The Hall–Kier alpha value is -3.58. The number of anilines is 2. The number of rotatable bonds is 1. The second-order valence-electron chi connectivity index (χ2n) is 9.39. The highest BCUT2D eigenvalue weighted by molar-refractivity contribution is 6.07. The quantitative estimate of drug-likeness (QED) is 0.400. The molecule has 0 spiro atoms. The molecule has 7 rings (SSSR count). The summed E-state index contributed by atoms with van der Waals surface area (Å²) < 4.78 is 0. The normalized spacial score (nSPS) is 26.8. The molecule has 0 saturated heterocycles. The van der Waals surface area contributed by atoms with Gasteiger partial charge in [-0.1, -0.05) is 96.6 Å². The van der Waals surface area contributed by atoms with Crippen LogP contribution in [0.5, 0.6) is 0 Å². The van der Waals surface area contributed by atoms with Gasteiger partial charge >= 0.3 is 0 Å². The first kappa shape index (κ1) is 18.0. The first-order valence-corrected chi connectivity index (χ1v) is 11.6. The number of nitrogens with zero attached hydrogens (tertiary/aromatic N) is 1. The zero-order valence-corrected chi connectivity index (χ0v) is 18.1. The first-order valence-electron chi connectivity index (χ1n) is 11.6. The molecule has 3 aromatic carbocycles. The number of hydrogen-bond acceptors (Lipinski definition) is 1. The molecule has 0 N–H and O–H groups in total. The Kier molecular flexibility index (Phi) is 3.78. The van der Waals surface area contributed by atoms with Crippen LogP contribution in [-0.2, 0) is 0 Å². The van der Waals surface area contributed by atoms with E-state index in [-0.39, 0.29) is 0 Å². The lowest BCUT2D eigenvalue weighted by atomic mass is 9.63. The average Bonchev–Trinajstić information content (AvgIpc) is 3.21. The SMILES string of the molecule is Cc1ccc(N2c3ccc4ccccc4c3C3=C4C=CC=CC4C4C=CC=CC4C32)cc1. The van der Waals surface area contributed by atoms with Crippen LogP contribution in [0.3, 0.4) is 0 Å². The van der Waals surface area contributed by atoms with E-state index in [9.17, 15) is 0 Å². The summed E-state index contributed by atoms with van der Waals surface area (Å²) in [5.41, 5.74) is 8.35. The zero-order chi connectivity index (χ0) is 21.2. The summed E-state index contributed by atoms with van der Waals surface area (Å²) in [5, 5.41) is 2.68. The van der Waals surface area contributed by atoms with E-state index >= 15 is 0 Å². The molecule has 0 fully saturated rings. The van der Waals surface area contributed by atoms with Crippen LogP contribution in [0.2, 0.25) is 0 Å². The number of fused-ring (bicyclic) bond motifs is 9. The minimum absolute atomic E-state index is 0.298.